The van der Waals surface area contributed by atoms with Gasteiger partial charge in [-0.1, -0.05) is 6.07 Å². The Morgan fingerprint density at radius 1 is 1.19 bits per heavy atom. The molecule has 0 unspecified atom stereocenters. The van der Waals surface area contributed by atoms with Gasteiger partial charge < -0.3 is 10.6 Å². The SMILES string of the molecule is CC(=O)Nc1ccc(F)c(NC(=O)c2cccc(Br)n2)c1. The Labute approximate surface area is 128 Å². The fraction of sp³-hybridized carbons (Fsp3) is 0.0714. The van der Waals surface area contributed by atoms with Gasteiger partial charge in [-0.05, 0) is 46.3 Å². The molecule has 7 heteroatoms. The van der Waals surface area contributed by atoms with Crippen LogP contribution in [-0.2, 0) is 4.79 Å². The van der Waals surface area contributed by atoms with Gasteiger partial charge >= 0.3 is 0 Å². The van der Waals surface area contributed by atoms with Crippen LogP contribution in [0.15, 0.2) is 41.0 Å². The predicted octanol–water partition coefficient (Wildman–Crippen LogP) is 3.19. The van der Waals surface area contributed by atoms with E-state index in [1.54, 1.807) is 12.1 Å². The molecule has 1 heterocycles. The summed E-state index contributed by atoms with van der Waals surface area (Å²) in [4.78, 5) is 27.0. The number of aromatic nitrogens is 1. The van der Waals surface area contributed by atoms with E-state index in [9.17, 15) is 14.0 Å². The van der Waals surface area contributed by atoms with E-state index < -0.39 is 11.7 Å². The van der Waals surface area contributed by atoms with Gasteiger partial charge in [0, 0.05) is 12.6 Å². The van der Waals surface area contributed by atoms with Crippen LogP contribution in [0.1, 0.15) is 17.4 Å². The van der Waals surface area contributed by atoms with Crippen molar-refractivity contribution in [3.05, 3.63) is 52.5 Å². The summed E-state index contributed by atoms with van der Waals surface area (Å²) in [7, 11) is 0. The molecule has 0 radical (unpaired) electrons. The maximum atomic E-state index is 13.7. The lowest BCUT2D eigenvalue weighted by Gasteiger charge is -2.09. The molecular formula is C14H11BrFN3O2. The molecule has 2 rings (SSSR count). The zero-order valence-corrected chi connectivity index (χ0v) is 12.6. The number of nitrogens with zero attached hydrogens (tertiary/aromatic N) is 1. The lowest BCUT2D eigenvalue weighted by molar-refractivity contribution is -0.114. The normalized spacial score (nSPS) is 10.0. The number of carbonyl (C=O) groups is 2. The van der Waals surface area contributed by atoms with Crippen molar-refractivity contribution < 1.29 is 14.0 Å². The maximum Gasteiger partial charge on any atom is 0.274 e. The van der Waals surface area contributed by atoms with E-state index in [0.29, 0.717) is 10.3 Å². The van der Waals surface area contributed by atoms with Gasteiger partial charge in [0.1, 0.15) is 16.1 Å². The highest BCUT2D eigenvalue weighted by Gasteiger charge is 2.12. The lowest BCUT2D eigenvalue weighted by Crippen LogP contribution is -2.15. The highest BCUT2D eigenvalue weighted by molar-refractivity contribution is 9.10. The number of hydrogen-bond acceptors (Lipinski definition) is 3. The Morgan fingerprint density at radius 2 is 1.95 bits per heavy atom. The summed E-state index contributed by atoms with van der Waals surface area (Å²) >= 11 is 3.16. The van der Waals surface area contributed by atoms with E-state index in [0.717, 1.165) is 6.07 Å². The number of pyridine rings is 1. The average molecular weight is 352 g/mol. The minimum Gasteiger partial charge on any atom is -0.326 e. The molecule has 0 aliphatic heterocycles. The Hall–Kier alpha value is -2.28. The first kappa shape index (κ1) is 15.1. The van der Waals surface area contributed by atoms with Crippen LogP contribution >= 0.6 is 15.9 Å². The van der Waals surface area contributed by atoms with Gasteiger partial charge in [-0.15, -0.1) is 0 Å². The van der Waals surface area contributed by atoms with E-state index in [1.165, 1.54) is 25.1 Å². The summed E-state index contributed by atoms with van der Waals surface area (Å²) in [5, 5.41) is 4.93. The van der Waals surface area contributed by atoms with Crippen molar-refractivity contribution in [1.82, 2.24) is 4.98 Å². The number of amides is 2. The number of anilines is 2. The Bertz CT molecular complexity index is 706. The van der Waals surface area contributed by atoms with Crippen LogP contribution in [0.5, 0.6) is 0 Å². The van der Waals surface area contributed by atoms with E-state index >= 15 is 0 Å². The third-order valence-electron chi connectivity index (χ3n) is 2.48. The molecule has 0 bridgehead atoms. The minimum atomic E-state index is -0.604. The van der Waals surface area contributed by atoms with Crippen LogP contribution in [0.25, 0.3) is 0 Å². The van der Waals surface area contributed by atoms with Crippen molar-refractivity contribution in [3.8, 4) is 0 Å². The van der Waals surface area contributed by atoms with Crippen LogP contribution in [0.3, 0.4) is 0 Å². The average Bonchev–Trinajstić information content (AvgIpc) is 2.42. The number of hydrogen-bond donors (Lipinski definition) is 2. The third kappa shape index (κ3) is 4.09. The van der Waals surface area contributed by atoms with Gasteiger partial charge in [-0.3, -0.25) is 9.59 Å². The summed E-state index contributed by atoms with van der Waals surface area (Å²) in [6.07, 6.45) is 0. The zero-order chi connectivity index (χ0) is 15.4. The van der Waals surface area contributed by atoms with E-state index in [-0.39, 0.29) is 17.3 Å². The van der Waals surface area contributed by atoms with Crippen LogP contribution in [0, 0.1) is 5.82 Å². The first-order valence-electron chi connectivity index (χ1n) is 5.97. The molecule has 2 N–H and O–H groups in total. The van der Waals surface area contributed by atoms with Crippen LogP contribution in [0.2, 0.25) is 0 Å². The number of carbonyl (C=O) groups excluding carboxylic acids is 2. The minimum absolute atomic E-state index is 0.0342. The second-order valence-electron chi connectivity index (χ2n) is 4.18. The predicted molar refractivity (Wildman–Crippen MR) is 80.6 cm³/mol. The first-order chi connectivity index (χ1) is 9.95. The molecule has 5 nitrogen and oxygen atoms in total. The van der Waals surface area contributed by atoms with Gasteiger partial charge in [0.15, 0.2) is 0 Å². The van der Waals surface area contributed by atoms with Crippen LogP contribution < -0.4 is 10.6 Å². The summed E-state index contributed by atoms with van der Waals surface area (Å²) in [6.45, 7) is 1.34. The third-order valence-corrected chi connectivity index (χ3v) is 2.92. The molecule has 0 saturated carbocycles. The maximum absolute atomic E-state index is 13.7. The summed E-state index contributed by atoms with van der Waals surface area (Å²) < 4.78 is 14.2. The van der Waals surface area contributed by atoms with E-state index in [1.807, 2.05) is 0 Å². The Kier molecular flexibility index (Phi) is 4.64. The highest BCUT2D eigenvalue weighted by Crippen LogP contribution is 2.20. The molecule has 0 saturated heterocycles. The van der Waals surface area contributed by atoms with Gasteiger partial charge in [-0.2, -0.15) is 0 Å². The van der Waals surface area contributed by atoms with E-state index in [4.69, 9.17) is 0 Å². The van der Waals surface area contributed by atoms with Crippen molar-refractivity contribution in [2.75, 3.05) is 10.6 Å². The molecule has 2 amide bonds. The molecule has 0 spiro atoms. The van der Waals surface area contributed by atoms with Crippen LogP contribution in [-0.4, -0.2) is 16.8 Å². The number of benzene rings is 1. The molecule has 0 fully saturated rings. The molecule has 108 valence electrons. The Balaban J connectivity index is 2.22. The second kappa shape index (κ2) is 6.45. The number of halogens is 2. The van der Waals surface area contributed by atoms with Crippen molar-refractivity contribution in [1.29, 1.82) is 0 Å². The molecule has 2 aromatic rings. The van der Waals surface area contributed by atoms with Crippen molar-refractivity contribution in [3.63, 3.8) is 0 Å². The van der Waals surface area contributed by atoms with Crippen LogP contribution in [0.4, 0.5) is 15.8 Å². The standard InChI is InChI=1S/C14H11BrFN3O2/c1-8(20)17-9-5-6-10(16)12(7-9)19-14(21)11-3-2-4-13(15)18-11/h2-7H,1H3,(H,17,20)(H,19,21). The van der Waals surface area contributed by atoms with Crippen molar-refractivity contribution in [2.24, 2.45) is 0 Å². The van der Waals surface area contributed by atoms with Crippen molar-refractivity contribution in [2.45, 2.75) is 6.92 Å². The number of nitrogens with one attached hydrogen (secondary N) is 2. The second-order valence-corrected chi connectivity index (χ2v) is 4.99. The largest absolute Gasteiger partial charge is 0.326 e. The van der Waals surface area contributed by atoms with Gasteiger partial charge in [0.05, 0.1) is 5.69 Å². The first-order valence-corrected chi connectivity index (χ1v) is 6.76. The molecule has 21 heavy (non-hydrogen) atoms. The highest BCUT2D eigenvalue weighted by atomic mass is 79.9. The summed E-state index contributed by atoms with van der Waals surface area (Å²) in [5.74, 6) is -1.44. The smallest absolute Gasteiger partial charge is 0.274 e. The Morgan fingerprint density at radius 3 is 2.62 bits per heavy atom. The van der Waals surface area contributed by atoms with E-state index in [2.05, 4.69) is 31.5 Å². The topological polar surface area (TPSA) is 71.1 Å². The van der Waals surface area contributed by atoms with Crippen molar-refractivity contribution >= 4 is 39.1 Å². The molecular weight excluding hydrogens is 341 g/mol. The van der Waals surface area contributed by atoms with Gasteiger partial charge in [0.2, 0.25) is 5.91 Å². The molecule has 0 aliphatic carbocycles. The fourth-order valence-corrected chi connectivity index (χ4v) is 1.97. The molecule has 0 aliphatic rings. The summed E-state index contributed by atoms with van der Waals surface area (Å²) in [5.41, 5.74) is 0.503. The molecule has 1 aromatic carbocycles. The quantitative estimate of drug-likeness (QED) is 0.834. The zero-order valence-electron chi connectivity index (χ0n) is 11.0. The fourth-order valence-electron chi connectivity index (χ4n) is 1.62. The van der Waals surface area contributed by atoms with Gasteiger partial charge in [-0.25, -0.2) is 9.37 Å². The molecule has 1 aromatic heterocycles. The molecule has 0 atom stereocenters. The summed E-state index contributed by atoms with van der Waals surface area (Å²) in [6, 6.07) is 8.74. The number of rotatable bonds is 3. The van der Waals surface area contributed by atoms with Gasteiger partial charge in [0.25, 0.3) is 5.91 Å². The lowest BCUT2D eigenvalue weighted by atomic mass is 10.2. The monoisotopic (exact) mass is 351 g/mol.